The molecule has 2 rings (SSSR count). The molecule has 2 N–H and O–H groups in total. The number of benzene rings is 2. The number of nitrogens with zero attached hydrogens (tertiary/aromatic N) is 2. The predicted octanol–water partition coefficient (Wildman–Crippen LogP) is 3.37. The van der Waals surface area contributed by atoms with Gasteiger partial charge in [-0.05, 0) is 23.8 Å². The van der Waals surface area contributed by atoms with Gasteiger partial charge in [0.15, 0.2) is 5.96 Å². The van der Waals surface area contributed by atoms with Gasteiger partial charge in [-0.25, -0.2) is 4.39 Å². The molecule has 0 aliphatic carbocycles. The van der Waals surface area contributed by atoms with E-state index in [0.717, 1.165) is 11.3 Å². The highest BCUT2D eigenvalue weighted by Crippen LogP contribution is 2.13. The zero-order chi connectivity index (χ0) is 16.7. The van der Waals surface area contributed by atoms with Crippen molar-refractivity contribution < 1.29 is 4.39 Å². The van der Waals surface area contributed by atoms with Gasteiger partial charge in [0.05, 0.1) is 0 Å². The highest BCUT2D eigenvalue weighted by molar-refractivity contribution is 14.0. The summed E-state index contributed by atoms with van der Waals surface area (Å²) in [6.07, 6.45) is 0. The van der Waals surface area contributed by atoms with Crippen LogP contribution in [0.15, 0.2) is 53.5 Å². The lowest BCUT2D eigenvalue weighted by Crippen LogP contribution is -2.36. The standard InChI is InChI=1S/C18H23FN4.HI/c1-20-18(22-13-15-8-4-5-10-17(15)19)21-12-14-7-6-9-16(11-14)23(2)3;/h4-11H,12-13H2,1-3H3,(H2,20,21,22);1H. The SMILES string of the molecule is CN=C(NCc1cccc(N(C)C)c1)NCc1ccccc1F.I. The van der Waals surface area contributed by atoms with Crippen LogP contribution >= 0.6 is 24.0 Å². The van der Waals surface area contributed by atoms with Gasteiger partial charge in [0.1, 0.15) is 5.82 Å². The van der Waals surface area contributed by atoms with E-state index in [2.05, 4.69) is 38.7 Å². The summed E-state index contributed by atoms with van der Waals surface area (Å²) >= 11 is 0. The second kappa shape index (κ2) is 10.1. The molecule has 0 aliphatic rings. The fraction of sp³-hybridized carbons (Fsp3) is 0.278. The van der Waals surface area contributed by atoms with Crippen LogP contribution in [0.4, 0.5) is 10.1 Å². The molecule has 0 aromatic heterocycles. The van der Waals surface area contributed by atoms with Crippen molar-refractivity contribution in [3.05, 3.63) is 65.5 Å². The number of halogens is 2. The largest absolute Gasteiger partial charge is 0.378 e. The molecule has 24 heavy (non-hydrogen) atoms. The van der Waals surface area contributed by atoms with E-state index in [1.807, 2.05) is 26.2 Å². The number of hydrogen-bond acceptors (Lipinski definition) is 2. The minimum Gasteiger partial charge on any atom is -0.378 e. The van der Waals surface area contributed by atoms with Crippen molar-refractivity contribution in [2.75, 3.05) is 26.0 Å². The van der Waals surface area contributed by atoms with Crippen molar-refractivity contribution in [2.45, 2.75) is 13.1 Å². The first-order valence-electron chi connectivity index (χ1n) is 7.54. The maximum absolute atomic E-state index is 13.6. The topological polar surface area (TPSA) is 39.7 Å². The third kappa shape index (κ3) is 5.99. The van der Waals surface area contributed by atoms with Crippen molar-refractivity contribution in [2.24, 2.45) is 4.99 Å². The van der Waals surface area contributed by atoms with E-state index in [1.165, 1.54) is 6.07 Å². The van der Waals surface area contributed by atoms with Gasteiger partial charge in [0.2, 0.25) is 0 Å². The molecule has 6 heteroatoms. The van der Waals surface area contributed by atoms with Crippen molar-refractivity contribution in [1.29, 1.82) is 0 Å². The second-order valence-electron chi connectivity index (χ2n) is 5.44. The third-order valence-corrected chi connectivity index (χ3v) is 3.51. The molecule has 4 nitrogen and oxygen atoms in total. The van der Waals surface area contributed by atoms with Crippen LogP contribution in [0.1, 0.15) is 11.1 Å². The Balaban J connectivity index is 0.00000288. The van der Waals surface area contributed by atoms with Crippen LogP contribution in [-0.2, 0) is 13.1 Å². The summed E-state index contributed by atoms with van der Waals surface area (Å²) in [6.45, 7) is 1.04. The lowest BCUT2D eigenvalue weighted by molar-refractivity contribution is 0.604. The molecule has 0 spiro atoms. The third-order valence-electron chi connectivity index (χ3n) is 3.51. The lowest BCUT2D eigenvalue weighted by Gasteiger charge is -2.15. The van der Waals surface area contributed by atoms with Gasteiger partial charge in [0.25, 0.3) is 0 Å². The molecule has 2 aromatic carbocycles. The molecule has 130 valence electrons. The summed E-state index contributed by atoms with van der Waals surface area (Å²) in [6, 6.07) is 15.0. The van der Waals surface area contributed by atoms with Crippen LogP contribution in [-0.4, -0.2) is 27.1 Å². The molecular formula is C18H24FIN4. The number of guanidine groups is 1. The minimum atomic E-state index is -0.214. The van der Waals surface area contributed by atoms with E-state index < -0.39 is 0 Å². The maximum atomic E-state index is 13.6. The number of hydrogen-bond donors (Lipinski definition) is 2. The molecule has 0 amide bonds. The first-order chi connectivity index (χ1) is 11.1. The molecule has 0 saturated carbocycles. The second-order valence-corrected chi connectivity index (χ2v) is 5.44. The van der Waals surface area contributed by atoms with E-state index in [1.54, 1.807) is 19.2 Å². The molecule has 0 fully saturated rings. The Morgan fingerprint density at radius 3 is 2.42 bits per heavy atom. The van der Waals surface area contributed by atoms with Crippen LogP contribution in [0.5, 0.6) is 0 Å². The molecule has 0 atom stereocenters. The van der Waals surface area contributed by atoms with Crippen LogP contribution in [0.3, 0.4) is 0 Å². The maximum Gasteiger partial charge on any atom is 0.191 e. The average Bonchev–Trinajstić information content (AvgIpc) is 2.56. The number of rotatable bonds is 5. The normalized spacial score (nSPS) is 10.8. The molecule has 0 bridgehead atoms. The molecule has 0 unspecified atom stereocenters. The molecule has 2 aromatic rings. The Bertz CT molecular complexity index is 674. The van der Waals surface area contributed by atoms with E-state index >= 15 is 0 Å². The van der Waals surface area contributed by atoms with Gasteiger partial charge in [-0.2, -0.15) is 0 Å². The van der Waals surface area contributed by atoms with E-state index in [4.69, 9.17) is 0 Å². The molecule has 0 radical (unpaired) electrons. The number of nitrogens with one attached hydrogen (secondary N) is 2. The van der Waals surface area contributed by atoms with Crippen LogP contribution in [0, 0.1) is 5.82 Å². The van der Waals surface area contributed by atoms with Crippen molar-refractivity contribution in [3.63, 3.8) is 0 Å². The Hall–Kier alpha value is -1.83. The van der Waals surface area contributed by atoms with E-state index in [0.29, 0.717) is 24.6 Å². The summed E-state index contributed by atoms with van der Waals surface area (Å²) < 4.78 is 13.6. The summed E-state index contributed by atoms with van der Waals surface area (Å²) in [7, 11) is 5.73. The van der Waals surface area contributed by atoms with Crippen molar-refractivity contribution in [1.82, 2.24) is 10.6 Å². The van der Waals surface area contributed by atoms with Crippen molar-refractivity contribution in [3.8, 4) is 0 Å². The Kier molecular flexibility index (Phi) is 8.53. The zero-order valence-electron chi connectivity index (χ0n) is 14.2. The van der Waals surface area contributed by atoms with Gasteiger partial charge in [0, 0.05) is 45.5 Å². The van der Waals surface area contributed by atoms with Gasteiger partial charge < -0.3 is 15.5 Å². The van der Waals surface area contributed by atoms with Gasteiger partial charge in [-0.3, -0.25) is 4.99 Å². The lowest BCUT2D eigenvalue weighted by atomic mass is 10.2. The van der Waals surface area contributed by atoms with Crippen LogP contribution in [0.2, 0.25) is 0 Å². The summed E-state index contributed by atoms with van der Waals surface area (Å²) in [5.74, 6) is 0.428. The fourth-order valence-electron chi connectivity index (χ4n) is 2.17. The summed E-state index contributed by atoms with van der Waals surface area (Å²) in [5.41, 5.74) is 2.92. The average molecular weight is 442 g/mol. The first-order valence-corrected chi connectivity index (χ1v) is 7.54. The van der Waals surface area contributed by atoms with E-state index in [9.17, 15) is 4.39 Å². The van der Waals surface area contributed by atoms with Crippen molar-refractivity contribution >= 4 is 35.6 Å². The monoisotopic (exact) mass is 442 g/mol. The van der Waals surface area contributed by atoms with Gasteiger partial charge in [-0.15, -0.1) is 24.0 Å². The molecule has 0 aliphatic heterocycles. The molecule has 0 heterocycles. The predicted molar refractivity (Wildman–Crippen MR) is 110 cm³/mol. The smallest absolute Gasteiger partial charge is 0.191 e. The van der Waals surface area contributed by atoms with E-state index in [-0.39, 0.29) is 29.8 Å². The highest BCUT2D eigenvalue weighted by atomic mass is 127. The zero-order valence-corrected chi connectivity index (χ0v) is 16.5. The summed E-state index contributed by atoms with van der Waals surface area (Å²) in [5, 5.41) is 6.36. The Morgan fingerprint density at radius 2 is 1.75 bits per heavy atom. The molecule has 0 saturated heterocycles. The first kappa shape index (κ1) is 20.2. The number of aliphatic imine (C=N–C) groups is 1. The molecular weight excluding hydrogens is 418 g/mol. The minimum absolute atomic E-state index is 0. The Morgan fingerprint density at radius 1 is 1.04 bits per heavy atom. The van der Waals surface area contributed by atoms with Gasteiger partial charge in [-0.1, -0.05) is 30.3 Å². The van der Waals surface area contributed by atoms with Crippen LogP contribution in [0.25, 0.3) is 0 Å². The van der Waals surface area contributed by atoms with Gasteiger partial charge >= 0.3 is 0 Å². The highest BCUT2D eigenvalue weighted by Gasteiger charge is 2.03. The number of anilines is 1. The fourth-order valence-corrected chi connectivity index (χ4v) is 2.17. The quantitative estimate of drug-likeness (QED) is 0.424. The Labute approximate surface area is 160 Å². The summed E-state index contributed by atoms with van der Waals surface area (Å²) in [4.78, 5) is 6.23. The van der Waals surface area contributed by atoms with Crippen LogP contribution < -0.4 is 15.5 Å².